The molecule has 0 nitrogen and oxygen atoms in total. The van der Waals surface area contributed by atoms with Gasteiger partial charge in [-0.05, 0) is 12.8 Å². The number of fused-ring (bicyclic) bond motifs is 3. The maximum Gasteiger partial charge on any atom is 0.0495 e. The van der Waals surface area contributed by atoms with Crippen molar-refractivity contribution in [2.75, 3.05) is 0 Å². The number of aryl methyl sites for hydroxylation is 2. The first-order valence-corrected chi connectivity index (χ1v) is 7.81. The first-order chi connectivity index (χ1) is 7.35. The molecular weight excluding hydrogens is 240 g/mol. The third kappa shape index (κ3) is 1.30. The van der Waals surface area contributed by atoms with Crippen molar-refractivity contribution in [3.8, 4) is 0 Å². The van der Waals surface area contributed by atoms with Crippen molar-refractivity contribution >= 4 is 54.2 Å². The summed E-state index contributed by atoms with van der Waals surface area (Å²) in [6, 6.07) is 0. The van der Waals surface area contributed by atoms with Crippen molar-refractivity contribution in [3.05, 3.63) is 20.5 Å². The molecule has 0 N–H and O–H groups in total. The smallest absolute Gasteiger partial charge is 0.0495 e. The summed E-state index contributed by atoms with van der Waals surface area (Å²) in [4.78, 5) is 3.11. The van der Waals surface area contributed by atoms with Crippen LogP contribution in [0, 0.1) is 0 Å². The minimum atomic E-state index is 1.17. The molecule has 0 aliphatic rings. The fraction of sp³-hybridized carbons (Fsp3) is 0.333. The van der Waals surface area contributed by atoms with E-state index in [-0.39, 0.29) is 0 Å². The standard InChI is InChI=1S/C12H12S3/c1-3-9-11-7(5-13-9)8-6-14-10(4-2)12(8)15-11/h5-6H,3-4H2,1-2H3. The largest absolute Gasteiger partial charge is 0.147 e. The predicted molar refractivity (Wildman–Crippen MR) is 73.8 cm³/mol. The van der Waals surface area contributed by atoms with Crippen molar-refractivity contribution in [2.45, 2.75) is 26.7 Å². The quantitative estimate of drug-likeness (QED) is 0.580. The van der Waals surface area contributed by atoms with E-state index in [9.17, 15) is 0 Å². The van der Waals surface area contributed by atoms with E-state index in [1.807, 2.05) is 34.0 Å². The zero-order chi connectivity index (χ0) is 10.4. The molecule has 3 heterocycles. The lowest BCUT2D eigenvalue weighted by Gasteiger charge is -1.88. The van der Waals surface area contributed by atoms with Crippen LogP contribution in [0.5, 0.6) is 0 Å². The van der Waals surface area contributed by atoms with Gasteiger partial charge in [0.2, 0.25) is 0 Å². The average molecular weight is 252 g/mol. The minimum absolute atomic E-state index is 1.17. The Hall–Kier alpha value is -0.380. The summed E-state index contributed by atoms with van der Waals surface area (Å²) in [6.45, 7) is 4.50. The van der Waals surface area contributed by atoms with E-state index < -0.39 is 0 Å². The van der Waals surface area contributed by atoms with Gasteiger partial charge in [0.05, 0.1) is 0 Å². The van der Waals surface area contributed by atoms with E-state index in [0.717, 1.165) is 0 Å². The Morgan fingerprint density at radius 2 is 1.33 bits per heavy atom. The van der Waals surface area contributed by atoms with Gasteiger partial charge in [-0.3, -0.25) is 0 Å². The Morgan fingerprint density at radius 1 is 0.867 bits per heavy atom. The van der Waals surface area contributed by atoms with E-state index in [4.69, 9.17) is 0 Å². The van der Waals surface area contributed by atoms with Crippen LogP contribution < -0.4 is 0 Å². The third-order valence-electron chi connectivity index (χ3n) is 2.77. The molecule has 0 aromatic carbocycles. The maximum absolute atomic E-state index is 2.33. The molecule has 0 atom stereocenters. The van der Waals surface area contributed by atoms with Crippen molar-refractivity contribution in [1.82, 2.24) is 0 Å². The molecule has 0 fully saturated rings. The monoisotopic (exact) mass is 252 g/mol. The summed E-state index contributed by atoms with van der Waals surface area (Å²) in [7, 11) is 0. The highest BCUT2D eigenvalue weighted by Gasteiger charge is 2.13. The van der Waals surface area contributed by atoms with Crippen LogP contribution in [0.3, 0.4) is 0 Å². The highest BCUT2D eigenvalue weighted by molar-refractivity contribution is 7.31. The molecule has 3 heteroatoms. The molecule has 0 aliphatic heterocycles. The Balaban J connectivity index is 2.41. The van der Waals surface area contributed by atoms with E-state index in [1.54, 1.807) is 9.75 Å². The van der Waals surface area contributed by atoms with Gasteiger partial charge in [-0.25, -0.2) is 0 Å². The molecule has 0 radical (unpaired) electrons. The molecule has 0 saturated heterocycles. The summed E-state index contributed by atoms with van der Waals surface area (Å²) >= 11 is 5.83. The predicted octanol–water partition coefficient (Wildman–Crippen LogP) is 5.30. The molecular formula is C12H12S3. The summed E-state index contributed by atoms with van der Waals surface area (Å²) in [5.41, 5.74) is 0. The van der Waals surface area contributed by atoms with Crippen LogP contribution in [0.4, 0.5) is 0 Å². The molecule has 0 unspecified atom stereocenters. The fourth-order valence-electron chi connectivity index (χ4n) is 1.96. The van der Waals surface area contributed by atoms with Crippen LogP contribution >= 0.6 is 34.0 Å². The van der Waals surface area contributed by atoms with Crippen molar-refractivity contribution < 1.29 is 0 Å². The topological polar surface area (TPSA) is 0 Å². The molecule has 0 spiro atoms. The molecule has 0 bridgehead atoms. The SMILES string of the molecule is CCc1scc2c1sc1c(CC)scc12. The fourth-order valence-corrected chi connectivity index (χ4v) is 5.70. The van der Waals surface area contributed by atoms with Crippen molar-refractivity contribution in [2.24, 2.45) is 0 Å². The molecule has 78 valence electrons. The van der Waals surface area contributed by atoms with Gasteiger partial charge in [0.1, 0.15) is 0 Å². The Morgan fingerprint density at radius 3 is 1.73 bits per heavy atom. The van der Waals surface area contributed by atoms with E-state index in [0.29, 0.717) is 0 Å². The summed E-state index contributed by atoms with van der Waals surface area (Å²) in [6.07, 6.45) is 2.34. The highest BCUT2D eigenvalue weighted by Crippen LogP contribution is 2.43. The van der Waals surface area contributed by atoms with Crippen LogP contribution in [-0.2, 0) is 12.8 Å². The lowest BCUT2D eigenvalue weighted by molar-refractivity contribution is 1.20. The summed E-state index contributed by atoms with van der Waals surface area (Å²) in [5, 5.41) is 7.65. The molecule has 0 saturated carbocycles. The second-order valence-electron chi connectivity index (χ2n) is 3.61. The molecule has 3 rings (SSSR count). The molecule has 15 heavy (non-hydrogen) atoms. The lowest BCUT2D eigenvalue weighted by atomic mass is 10.2. The first-order valence-electron chi connectivity index (χ1n) is 5.24. The van der Waals surface area contributed by atoms with Gasteiger partial charge < -0.3 is 0 Å². The Kier molecular flexibility index (Phi) is 2.34. The van der Waals surface area contributed by atoms with Crippen LogP contribution in [0.2, 0.25) is 0 Å². The third-order valence-corrected chi connectivity index (χ3v) is 6.63. The van der Waals surface area contributed by atoms with Gasteiger partial charge in [-0.2, -0.15) is 0 Å². The molecule has 0 amide bonds. The zero-order valence-electron chi connectivity index (χ0n) is 8.79. The van der Waals surface area contributed by atoms with Gasteiger partial charge in [-0.1, -0.05) is 13.8 Å². The summed E-state index contributed by atoms with van der Waals surface area (Å²) in [5.74, 6) is 0. The van der Waals surface area contributed by atoms with Gasteiger partial charge in [0.25, 0.3) is 0 Å². The van der Waals surface area contributed by atoms with E-state index >= 15 is 0 Å². The normalized spacial score (nSPS) is 11.9. The van der Waals surface area contributed by atoms with Crippen LogP contribution in [0.15, 0.2) is 10.8 Å². The number of rotatable bonds is 2. The lowest BCUT2D eigenvalue weighted by Crippen LogP contribution is -1.67. The summed E-state index contributed by atoms with van der Waals surface area (Å²) < 4.78 is 3.07. The number of hydrogen-bond donors (Lipinski definition) is 0. The zero-order valence-corrected chi connectivity index (χ0v) is 11.2. The Labute approximate surface area is 101 Å². The molecule has 3 aromatic heterocycles. The van der Waals surface area contributed by atoms with Crippen molar-refractivity contribution in [3.63, 3.8) is 0 Å². The minimum Gasteiger partial charge on any atom is -0.147 e. The van der Waals surface area contributed by atoms with Gasteiger partial charge >= 0.3 is 0 Å². The van der Waals surface area contributed by atoms with E-state index in [2.05, 4.69) is 24.6 Å². The molecule has 0 aliphatic carbocycles. The second-order valence-corrected chi connectivity index (χ2v) is 6.56. The van der Waals surface area contributed by atoms with Crippen LogP contribution in [0.25, 0.3) is 20.2 Å². The van der Waals surface area contributed by atoms with Crippen molar-refractivity contribution in [1.29, 1.82) is 0 Å². The highest BCUT2D eigenvalue weighted by atomic mass is 32.1. The number of hydrogen-bond acceptors (Lipinski definition) is 3. The molecule has 3 aromatic rings. The maximum atomic E-state index is 2.33. The Bertz CT molecular complexity index is 556. The average Bonchev–Trinajstić information content (AvgIpc) is 2.86. The van der Waals surface area contributed by atoms with Gasteiger partial charge in [-0.15, -0.1) is 34.0 Å². The van der Waals surface area contributed by atoms with E-state index in [1.165, 1.54) is 33.0 Å². The van der Waals surface area contributed by atoms with Gasteiger partial charge in [0.15, 0.2) is 0 Å². The van der Waals surface area contributed by atoms with Crippen LogP contribution in [0.1, 0.15) is 23.6 Å². The van der Waals surface area contributed by atoms with Gasteiger partial charge in [0, 0.05) is 40.7 Å². The van der Waals surface area contributed by atoms with Crippen LogP contribution in [-0.4, -0.2) is 0 Å². The first kappa shape index (κ1) is 9.82. The number of thiophene rings is 3. The second kappa shape index (κ2) is 3.58.